The highest BCUT2D eigenvalue weighted by Gasteiger charge is 2.34. The topological polar surface area (TPSA) is 55.4 Å². The standard InChI is InChI=1S/C12H25NO3S/c1-9(16-3)12(13-2)10-6-5-7-11(8-10)17(4,14)15/h9-13H,5-8H2,1-4H3. The minimum absolute atomic E-state index is 0.114. The highest BCUT2D eigenvalue weighted by molar-refractivity contribution is 7.91. The summed E-state index contributed by atoms with van der Waals surface area (Å²) in [4.78, 5) is 0. The molecule has 0 saturated heterocycles. The Morgan fingerprint density at radius 1 is 1.35 bits per heavy atom. The van der Waals surface area contributed by atoms with Gasteiger partial charge in [-0.05, 0) is 39.2 Å². The summed E-state index contributed by atoms with van der Waals surface area (Å²) in [6.07, 6.45) is 5.13. The SMILES string of the molecule is CNC(C1CCCC(S(C)(=O)=O)C1)C(C)OC. The first-order chi connectivity index (χ1) is 7.90. The third-order valence-electron chi connectivity index (χ3n) is 3.99. The van der Waals surface area contributed by atoms with Crippen LogP contribution >= 0.6 is 0 Å². The molecule has 4 unspecified atom stereocenters. The van der Waals surface area contributed by atoms with Crippen LogP contribution in [0.15, 0.2) is 0 Å². The van der Waals surface area contributed by atoms with Gasteiger partial charge in [-0.2, -0.15) is 0 Å². The third kappa shape index (κ3) is 3.93. The van der Waals surface area contributed by atoms with Crippen LogP contribution in [0.1, 0.15) is 32.6 Å². The predicted molar refractivity (Wildman–Crippen MR) is 69.9 cm³/mol. The molecule has 1 N–H and O–H groups in total. The molecule has 4 atom stereocenters. The van der Waals surface area contributed by atoms with Gasteiger partial charge in [0.05, 0.1) is 11.4 Å². The Morgan fingerprint density at radius 3 is 2.47 bits per heavy atom. The maximum atomic E-state index is 11.6. The van der Waals surface area contributed by atoms with E-state index >= 15 is 0 Å². The Kier molecular flexibility index (Phi) is 5.41. The van der Waals surface area contributed by atoms with E-state index in [4.69, 9.17) is 4.74 Å². The van der Waals surface area contributed by atoms with E-state index in [0.29, 0.717) is 5.92 Å². The van der Waals surface area contributed by atoms with E-state index in [1.165, 1.54) is 6.26 Å². The van der Waals surface area contributed by atoms with E-state index in [1.807, 2.05) is 14.0 Å². The van der Waals surface area contributed by atoms with Gasteiger partial charge in [0.15, 0.2) is 0 Å². The van der Waals surface area contributed by atoms with Crippen molar-refractivity contribution in [3.05, 3.63) is 0 Å². The highest BCUT2D eigenvalue weighted by atomic mass is 32.2. The van der Waals surface area contributed by atoms with E-state index < -0.39 is 9.84 Å². The fourth-order valence-corrected chi connectivity index (χ4v) is 4.09. The summed E-state index contributed by atoms with van der Waals surface area (Å²) in [6.45, 7) is 2.03. The third-order valence-corrected chi connectivity index (χ3v) is 5.63. The Labute approximate surface area is 105 Å². The molecule has 5 heteroatoms. The van der Waals surface area contributed by atoms with E-state index in [-0.39, 0.29) is 17.4 Å². The average molecular weight is 263 g/mol. The molecular weight excluding hydrogens is 238 g/mol. The van der Waals surface area contributed by atoms with Gasteiger partial charge in [-0.3, -0.25) is 0 Å². The Hall–Kier alpha value is -0.130. The lowest BCUT2D eigenvalue weighted by atomic mass is 9.82. The summed E-state index contributed by atoms with van der Waals surface area (Å²) in [7, 11) is 0.720. The van der Waals surface area contributed by atoms with Gasteiger partial charge in [0.25, 0.3) is 0 Å². The summed E-state index contributed by atoms with van der Waals surface area (Å²) >= 11 is 0. The minimum Gasteiger partial charge on any atom is -0.380 e. The zero-order valence-electron chi connectivity index (χ0n) is 11.3. The van der Waals surface area contributed by atoms with Crippen LogP contribution in [0.3, 0.4) is 0 Å². The van der Waals surface area contributed by atoms with Gasteiger partial charge in [-0.25, -0.2) is 8.42 Å². The second-order valence-electron chi connectivity index (χ2n) is 5.13. The quantitative estimate of drug-likeness (QED) is 0.810. The molecule has 1 aliphatic carbocycles. The number of rotatable bonds is 5. The van der Waals surface area contributed by atoms with Crippen LogP contribution in [-0.4, -0.2) is 46.2 Å². The number of likely N-dealkylation sites (N-methyl/N-ethyl adjacent to an activating group) is 1. The summed E-state index contributed by atoms with van der Waals surface area (Å²) in [5, 5.41) is 3.11. The van der Waals surface area contributed by atoms with Crippen LogP contribution in [0.25, 0.3) is 0 Å². The van der Waals surface area contributed by atoms with Gasteiger partial charge in [-0.15, -0.1) is 0 Å². The van der Waals surface area contributed by atoms with Crippen LogP contribution in [0.5, 0.6) is 0 Å². The second kappa shape index (κ2) is 6.16. The molecule has 0 heterocycles. The van der Waals surface area contributed by atoms with Crippen LogP contribution in [-0.2, 0) is 14.6 Å². The molecule has 4 nitrogen and oxygen atoms in total. The largest absolute Gasteiger partial charge is 0.380 e. The molecular formula is C12H25NO3S. The zero-order chi connectivity index (χ0) is 13.1. The van der Waals surface area contributed by atoms with Gasteiger partial charge in [0, 0.05) is 19.4 Å². The molecule has 0 bridgehead atoms. The lowest BCUT2D eigenvalue weighted by Gasteiger charge is -2.36. The van der Waals surface area contributed by atoms with E-state index in [0.717, 1.165) is 25.7 Å². The molecule has 0 aliphatic heterocycles. The second-order valence-corrected chi connectivity index (χ2v) is 7.46. The molecule has 0 aromatic rings. The Morgan fingerprint density at radius 2 is 2.00 bits per heavy atom. The lowest BCUT2D eigenvalue weighted by molar-refractivity contribution is 0.0558. The number of hydrogen-bond donors (Lipinski definition) is 1. The highest BCUT2D eigenvalue weighted by Crippen LogP contribution is 2.31. The van der Waals surface area contributed by atoms with Crippen LogP contribution in [0.2, 0.25) is 0 Å². The maximum Gasteiger partial charge on any atom is 0.150 e. The van der Waals surface area contributed by atoms with Crippen molar-refractivity contribution in [1.82, 2.24) is 5.32 Å². The van der Waals surface area contributed by atoms with E-state index in [9.17, 15) is 8.42 Å². The van der Waals surface area contributed by atoms with Gasteiger partial charge < -0.3 is 10.1 Å². The number of hydrogen-bond acceptors (Lipinski definition) is 4. The fraction of sp³-hybridized carbons (Fsp3) is 1.00. The summed E-state index contributed by atoms with van der Waals surface area (Å²) in [5.41, 5.74) is 0. The fourth-order valence-electron chi connectivity index (χ4n) is 2.90. The van der Waals surface area contributed by atoms with Crippen LogP contribution < -0.4 is 5.32 Å². The Bertz CT molecular complexity index is 329. The van der Waals surface area contributed by atoms with Crippen LogP contribution in [0.4, 0.5) is 0 Å². The van der Waals surface area contributed by atoms with Crippen molar-refractivity contribution >= 4 is 9.84 Å². The zero-order valence-corrected chi connectivity index (χ0v) is 12.1. The smallest absolute Gasteiger partial charge is 0.150 e. The number of methoxy groups -OCH3 is 1. The number of nitrogens with one attached hydrogen (secondary N) is 1. The molecule has 1 aliphatic rings. The number of sulfone groups is 1. The van der Waals surface area contributed by atoms with Gasteiger partial charge in [-0.1, -0.05) is 6.42 Å². The van der Waals surface area contributed by atoms with Crippen molar-refractivity contribution < 1.29 is 13.2 Å². The molecule has 0 spiro atoms. The first-order valence-corrected chi connectivity index (χ1v) is 8.24. The van der Waals surface area contributed by atoms with Crippen molar-refractivity contribution in [2.24, 2.45) is 5.92 Å². The summed E-state index contributed by atoms with van der Waals surface area (Å²) in [6, 6.07) is 0.240. The molecule has 17 heavy (non-hydrogen) atoms. The van der Waals surface area contributed by atoms with Gasteiger partial charge >= 0.3 is 0 Å². The van der Waals surface area contributed by atoms with Gasteiger partial charge in [0.2, 0.25) is 0 Å². The predicted octanol–water partition coefficient (Wildman–Crippen LogP) is 1.21. The summed E-state index contributed by atoms with van der Waals surface area (Å²) < 4.78 is 28.6. The lowest BCUT2D eigenvalue weighted by Crippen LogP contribution is -2.46. The van der Waals surface area contributed by atoms with Gasteiger partial charge in [0.1, 0.15) is 9.84 Å². The van der Waals surface area contributed by atoms with Crippen LogP contribution in [0, 0.1) is 5.92 Å². The van der Waals surface area contributed by atoms with Crippen molar-refractivity contribution in [2.45, 2.75) is 50.0 Å². The molecule has 1 fully saturated rings. The van der Waals surface area contributed by atoms with Crippen molar-refractivity contribution in [3.8, 4) is 0 Å². The summed E-state index contributed by atoms with van der Waals surface area (Å²) in [5.74, 6) is 0.392. The monoisotopic (exact) mass is 263 g/mol. The maximum absolute atomic E-state index is 11.6. The van der Waals surface area contributed by atoms with E-state index in [2.05, 4.69) is 5.32 Å². The van der Waals surface area contributed by atoms with Crippen molar-refractivity contribution in [1.29, 1.82) is 0 Å². The first-order valence-electron chi connectivity index (χ1n) is 6.29. The molecule has 0 amide bonds. The van der Waals surface area contributed by atoms with Crippen molar-refractivity contribution in [3.63, 3.8) is 0 Å². The normalized spacial score (nSPS) is 29.9. The molecule has 0 aromatic carbocycles. The molecule has 1 rings (SSSR count). The average Bonchev–Trinajstić information content (AvgIpc) is 2.29. The molecule has 0 radical (unpaired) electrons. The Balaban J connectivity index is 2.71. The minimum atomic E-state index is -2.90. The molecule has 0 aromatic heterocycles. The number of ether oxygens (including phenoxy) is 1. The van der Waals surface area contributed by atoms with Crippen molar-refractivity contribution in [2.75, 3.05) is 20.4 Å². The molecule has 102 valence electrons. The van der Waals surface area contributed by atoms with E-state index in [1.54, 1.807) is 7.11 Å². The molecule has 1 saturated carbocycles. The first kappa shape index (κ1) is 14.9.